The van der Waals surface area contributed by atoms with Crippen LogP contribution in [0.1, 0.15) is 45.1 Å². The van der Waals surface area contributed by atoms with Crippen LogP contribution in [-0.4, -0.2) is 48.3 Å². The van der Waals surface area contributed by atoms with Crippen LogP contribution in [0.25, 0.3) is 0 Å². The summed E-state index contributed by atoms with van der Waals surface area (Å²) in [5.41, 5.74) is -0.699. The predicted octanol–water partition coefficient (Wildman–Crippen LogP) is 2.71. The highest BCUT2D eigenvalue weighted by Crippen LogP contribution is 2.51. The van der Waals surface area contributed by atoms with E-state index in [1.165, 1.54) is 26.0 Å². The number of carbonyl (C=O) groups is 1. The summed E-state index contributed by atoms with van der Waals surface area (Å²) in [4.78, 5) is 14.5. The smallest absolute Gasteiger partial charge is 0.256 e. The molecule has 0 radical (unpaired) electrons. The third kappa shape index (κ3) is 4.27. The van der Waals surface area contributed by atoms with Crippen molar-refractivity contribution in [1.29, 1.82) is 0 Å². The van der Waals surface area contributed by atoms with Crippen LogP contribution in [0.5, 0.6) is 5.75 Å². The number of hydrogen-bond acceptors (Lipinski definition) is 4. The van der Waals surface area contributed by atoms with Gasteiger partial charge in [-0.15, -0.1) is 0 Å². The molecule has 2 fully saturated rings. The molecule has 1 amide bonds. The molecule has 1 saturated carbocycles. The summed E-state index contributed by atoms with van der Waals surface area (Å²) >= 11 is 0. The van der Waals surface area contributed by atoms with Crippen molar-refractivity contribution < 1.29 is 19.0 Å². The fraction of sp³-hybridized carbons (Fsp3) is 0.667. The van der Waals surface area contributed by atoms with E-state index < -0.39 is 5.60 Å². The van der Waals surface area contributed by atoms with E-state index in [1.54, 1.807) is 17.0 Å². The van der Waals surface area contributed by atoms with Gasteiger partial charge in [-0.1, -0.05) is 13.8 Å². The molecule has 1 atom stereocenters. The highest BCUT2D eigenvalue weighted by molar-refractivity contribution is 5.86. The molecular formula is C21H31FN2O3. The fourth-order valence-corrected chi connectivity index (χ4v) is 4.02. The first-order valence-corrected chi connectivity index (χ1v) is 9.84. The number of nitrogens with zero attached hydrogens (tertiary/aromatic N) is 1. The summed E-state index contributed by atoms with van der Waals surface area (Å²) in [5.74, 6) is 0.451. The van der Waals surface area contributed by atoms with E-state index in [0.29, 0.717) is 42.0 Å². The molecule has 6 heteroatoms. The number of piperidine rings is 1. The Morgan fingerprint density at radius 2 is 2.04 bits per heavy atom. The number of hydrogen-bond donors (Lipinski definition) is 2. The van der Waals surface area contributed by atoms with Gasteiger partial charge >= 0.3 is 0 Å². The van der Waals surface area contributed by atoms with Crippen molar-refractivity contribution in [3.8, 4) is 5.75 Å². The third-order valence-corrected chi connectivity index (χ3v) is 6.33. The summed E-state index contributed by atoms with van der Waals surface area (Å²) in [6.45, 7) is 6.18. The van der Waals surface area contributed by atoms with Crippen LogP contribution in [0.15, 0.2) is 18.2 Å². The molecule has 2 aliphatic rings. The van der Waals surface area contributed by atoms with Gasteiger partial charge in [0.25, 0.3) is 5.91 Å². The molecule has 1 aromatic rings. The van der Waals surface area contributed by atoms with Gasteiger partial charge in [-0.2, -0.15) is 0 Å². The van der Waals surface area contributed by atoms with E-state index in [2.05, 4.69) is 19.2 Å². The Balaban J connectivity index is 1.63. The first-order chi connectivity index (χ1) is 12.8. The number of rotatable bonds is 8. The lowest BCUT2D eigenvalue weighted by Gasteiger charge is -2.39. The van der Waals surface area contributed by atoms with Crippen LogP contribution in [0.4, 0.5) is 4.39 Å². The van der Waals surface area contributed by atoms with Crippen molar-refractivity contribution in [2.24, 2.45) is 11.3 Å². The van der Waals surface area contributed by atoms with Gasteiger partial charge in [-0.25, -0.2) is 4.39 Å². The van der Waals surface area contributed by atoms with Crippen molar-refractivity contribution in [1.82, 2.24) is 10.2 Å². The zero-order valence-electron chi connectivity index (χ0n) is 16.6. The largest absolute Gasteiger partial charge is 0.497 e. The average Bonchev–Trinajstić information content (AvgIpc) is 3.42. The minimum atomic E-state index is -1.42. The molecule has 27 heavy (non-hydrogen) atoms. The van der Waals surface area contributed by atoms with Crippen LogP contribution in [0.2, 0.25) is 0 Å². The summed E-state index contributed by atoms with van der Waals surface area (Å²) in [5, 5.41) is 14.3. The Bertz CT molecular complexity index is 690. The second kappa shape index (κ2) is 7.76. The number of nitrogens with one attached hydrogen (secondary N) is 1. The molecule has 1 unspecified atom stereocenters. The summed E-state index contributed by atoms with van der Waals surface area (Å²) in [6, 6.07) is 4.50. The van der Waals surface area contributed by atoms with E-state index in [4.69, 9.17) is 4.74 Å². The topological polar surface area (TPSA) is 61.8 Å². The molecule has 2 N–H and O–H groups in total. The second-order valence-corrected chi connectivity index (χ2v) is 8.44. The number of halogens is 1. The number of aliphatic hydroxyl groups is 1. The quantitative estimate of drug-likeness (QED) is 0.730. The lowest BCUT2D eigenvalue weighted by molar-refractivity contribution is -0.157. The third-order valence-electron chi connectivity index (χ3n) is 6.33. The second-order valence-electron chi connectivity index (χ2n) is 8.44. The number of ether oxygens (including phenoxy) is 1. The van der Waals surface area contributed by atoms with Crippen LogP contribution < -0.4 is 10.1 Å². The molecule has 0 aromatic heterocycles. The minimum Gasteiger partial charge on any atom is -0.497 e. The van der Waals surface area contributed by atoms with Gasteiger partial charge in [0.2, 0.25) is 0 Å². The van der Waals surface area contributed by atoms with Crippen LogP contribution in [-0.2, 0) is 11.3 Å². The molecule has 5 nitrogen and oxygen atoms in total. The van der Waals surface area contributed by atoms with Gasteiger partial charge < -0.3 is 20.1 Å². The van der Waals surface area contributed by atoms with Gasteiger partial charge in [0, 0.05) is 31.7 Å². The van der Waals surface area contributed by atoms with Gasteiger partial charge in [0.15, 0.2) is 5.60 Å². The maximum absolute atomic E-state index is 14.1. The number of methoxy groups -OCH3 is 1. The summed E-state index contributed by atoms with van der Waals surface area (Å²) in [6.07, 6.45) is 3.53. The Labute approximate surface area is 160 Å². The molecule has 0 bridgehead atoms. The van der Waals surface area contributed by atoms with Crippen molar-refractivity contribution in [2.75, 3.05) is 26.7 Å². The maximum atomic E-state index is 14.1. The Morgan fingerprint density at radius 3 is 2.67 bits per heavy atom. The maximum Gasteiger partial charge on any atom is 0.256 e. The van der Waals surface area contributed by atoms with Crippen molar-refractivity contribution in [2.45, 2.75) is 51.7 Å². The first kappa shape index (κ1) is 20.1. The van der Waals surface area contributed by atoms with Gasteiger partial charge in [-0.3, -0.25) is 4.79 Å². The van der Waals surface area contributed by atoms with E-state index in [-0.39, 0.29) is 24.8 Å². The van der Waals surface area contributed by atoms with Crippen LogP contribution in [0.3, 0.4) is 0 Å². The molecule has 1 saturated heterocycles. The Kier molecular flexibility index (Phi) is 5.77. The lowest BCUT2D eigenvalue weighted by atomic mass is 9.89. The zero-order valence-corrected chi connectivity index (χ0v) is 16.6. The number of benzene rings is 1. The molecular weight excluding hydrogens is 347 g/mol. The average molecular weight is 378 g/mol. The van der Waals surface area contributed by atoms with E-state index in [9.17, 15) is 14.3 Å². The number of carbonyl (C=O) groups excluding carboxylic acids is 1. The monoisotopic (exact) mass is 378 g/mol. The molecule has 1 aromatic carbocycles. The summed E-state index contributed by atoms with van der Waals surface area (Å²) in [7, 11) is 1.53. The lowest BCUT2D eigenvalue weighted by Crippen LogP contribution is -2.58. The van der Waals surface area contributed by atoms with Gasteiger partial charge in [0.1, 0.15) is 11.6 Å². The van der Waals surface area contributed by atoms with Crippen molar-refractivity contribution in [3.05, 3.63) is 29.6 Å². The highest BCUT2D eigenvalue weighted by Gasteiger charge is 2.46. The SMILES string of the molecule is COc1ccc(F)c(CN2CCCC(O)(CNCC3(C(C)C)CC3)C2=O)c1. The normalized spacial score (nSPS) is 24.4. The Hall–Kier alpha value is -1.66. The standard InChI is InChI=1S/C21H31FN2O3/c1-15(2)20(8-9-20)13-23-14-21(26)7-4-10-24(19(21)25)12-16-11-17(27-3)5-6-18(16)22/h5-6,11,15,23,26H,4,7-10,12-14H2,1-3H3. The fourth-order valence-electron chi connectivity index (χ4n) is 4.02. The van der Waals surface area contributed by atoms with Crippen LogP contribution in [0, 0.1) is 17.2 Å². The molecule has 1 heterocycles. The summed E-state index contributed by atoms with van der Waals surface area (Å²) < 4.78 is 19.3. The van der Waals surface area contributed by atoms with E-state index in [0.717, 1.165) is 6.54 Å². The Morgan fingerprint density at radius 1 is 1.30 bits per heavy atom. The van der Waals surface area contributed by atoms with Crippen LogP contribution >= 0.6 is 0 Å². The van der Waals surface area contributed by atoms with E-state index in [1.807, 2.05) is 0 Å². The molecule has 1 aliphatic heterocycles. The van der Waals surface area contributed by atoms with Crippen molar-refractivity contribution >= 4 is 5.91 Å². The molecule has 1 aliphatic carbocycles. The zero-order chi connectivity index (χ0) is 19.7. The van der Waals surface area contributed by atoms with Crippen molar-refractivity contribution in [3.63, 3.8) is 0 Å². The minimum absolute atomic E-state index is 0.139. The molecule has 3 rings (SSSR count). The predicted molar refractivity (Wildman–Crippen MR) is 102 cm³/mol. The highest BCUT2D eigenvalue weighted by atomic mass is 19.1. The molecule has 150 valence electrons. The molecule has 0 spiro atoms. The number of likely N-dealkylation sites (tertiary alicyclic amines) is 1. The van der Waals surface area contributed by atoms with Gasteiger partial charge in [-0.05, 0) is 55.2 Å². The number of amides is 1. The first-order valence-electron chi connectivity index (χ1n) is 9.84. The van der Waals surface area contributed by atoms with Gasteiger partial charge in [0.05, 0.1) is 7.11 Å². The van der Waals surface area contributed by atoms with E-state index >= 15 is 0 Å².